The molecule has 5 heteroatoms. The Balaban J connectivity index is 2.59. The van der Waals surface area contributed by atoms with E-state index in [1.807, 2.05) is 13.0 Å². The first kappa shape index (κ1) is 13.0. The summed E-state index contributed by atoms with van der Waals surface area (Å²) in [6.07, 6.45) is 0.780. The van der Waals surface area contributed by atoms with Crippen molar-refractivity contribution in [3.05, 3.63) is 29.8 Å². The zero-order valence-electron chi connectivity index (χ0n) is 9.73. The Morgan fingerprint density at radius 3 is 2.94 bits per heavy atom. The number of anilines is 1. The number of benzene rings is 1. The van der Waals surface area contributed by atoms with Crippen LogP contribution in [0.2, 0.25) is 0 Å². The molecule has 5 nitrogen and oxygen atoms in total. The number of carbonyl (C=O) groups is 1. The molecule has 1 aromatic rings. The Bertz CT molecular complexity index is 421. The molecule has 0 aliphatic heterocycles. The number of hydrogen-bond acceptors (Lipinski definition) is 3. The normalized spacial score (nSPS) is 11.4. The maximum absolute atomic E-state index is 11.6. The minimum atomic E-state index is -0.308. The van der Waals surface area contributed by atoms with Gasteiger partial charge >= 0.3 is 6.03 Å². The number of nitriles is 1. The third kappa shape index (κ3) is 4.13. The fraction of sp³-hybridized carbons (Fsp3) is 0.333. The molecule has 0 radical (unpaired) electrons. The third-order valence-corrected chi connectivity index (χ3v) is 2.36. The molecule has 4 N–H and O–H groups in total. The molecule has 0 aliphatic rings. The third-order valence-electron chi connectivity index (χ3n) is 2.36. The Morgan fingerprint density at radius 2 is 2.35 bits per heavy atom. The summed E-state index contributed by atoms with van der Waals surface area (Å²) in [5.74, 6) is 0. The van der Waals surface area contributed by atoms with Gasteiger partial charge in [-0.25, -0.2) is 4.79 Å². The summed E-state index contributed by atoms with van der Waals surface area (Å²) in [7, 11) is 0. The van der Waals surface area contributed by atoms with Crippen molar-refractivity contribution in [3.63, 3.8) is 0 Å². The highest BCUT2D eigenvalue weighted by Crippen LogP contribution is 2.09. The first-order valence-electron chi connectivity index (χ1n) is 5.47. The number of hydrogen-bond donors (Lipinski definition) is 3. The zero-order chi connectivity index (χ0) is 12.7. The first-order chi connectivity index (χ1) is 8.19. The summed E-state index contributed by atoms with van der Waals surface area (Å²) in [6, 6.07) is 8.41. The fourth-order valence-electron chi connectivity index (χ4n) is 1.35. The van der Waals surface area contributed by atoms with Gasteiger partial charge in [0.05, 0.1) is 11.6 Å². The molecule has 0 bridgehead atoms. The van der Waals surface area contributed by atoms with E-state index in [1.54, 1.807) is 24.3 Å². The van der Waals surface area contributed by atoms with E-state index in [4.69, 9.17) is 11.0 Å². The largest absolute Gasteiger partial charge is 0.334 e. The number of nitrogens with zero attached hydrogens (tertiary/aromatic N) is 1. The summed E-state index contributed by atoms with van der Waals surface area (Å²) in [5.41, 5.74) is 6.58. The molecule has 1 aromatic carbocycles. The maximum atomic E-state index is 11.6. The van der Waals surface area contributed by atoms with Crippen LogP contribution in [0.25, 0.3) is 0 Å². The van der Waals surface area contributed by atoms with E-state index in [1.165, 1.54) is 0 Å². The van der Waals surface area contributed by atoms with Crippen LogP contribution in [0, 0.1) is 11.3 Å². The molecule has 0 spiro atoms. The molecule has 1 rings (SSSR count). The second-order valence-corrected chi connectivity index (χ2v) is 3.63. The van der Waals surface area contributed by atoms with Crippen molar-refractivity contribution < 1.29 is 4.79 Å². The van der Waals surface area contributed by atoms with Crippen molar-refractivity contribution in [2.75, 3.05) is 11.9 Å². The molecule has 1 unspecified atom stereocenters. The van der Waals surface area contributed by atoms with Crippen LogP contribution in [-0.4, -0.2) is 18.6 Å². The molecule has 90 valence electrons. The van der Waals surface area contributed by atoms with E-state index in [9.17, 15) is 4.79 Å². The minimum absolute atomic E-state index is 0.0332. The second kappa shape index (κ2) is 6.51. The quantitative estimate of drug-likeness (QED) is 0.733. The molecule has 0 aromatic heterocycles. The van der Waals surface area contributed by atoms with Gasteiger partial charge in [0, 0.05) is 18.3 Å². The maximum Gasteiger partial charge on any atom is 0.319 e. The molecule has 0 aliphatic carbocycles. The Morgan fingerprint density at radius 1 is 1.59 bits per heavy atom. The molecule has 1 atom stereocenters. The van der Waals surface area contributed by atoms with E-state index in [0.717, 1.165) is 6.42 Å². The van der Waals surface area contributed by atoms with Crippen LogP contribution >= 0.6 is 0 Å². The smallest absolute Gasteiger partial charge is 0.319 e. The minimum Gasteiger partial charge on any atom is -0.334 e. The number of rotatable bonds is 4. The van der Waals surface area contributed by atoms with Gasteiger partial charge in [0.2, 0.25) is 0 Å². The van der Waals surface area contributed by atoms with Crippen LogP contribution < -0.4 is 16.4 Å². The van der Waals surface area contributed by atoms with Gasteiger partial charge in [0.1, 0.15) is 0 Å². The fourth-order valence-corrected chi connectivity index (χ4v) is 1.35. The van der Waals surface area contributed by atoms with Crippen molar-refractivity contribution in [3.8, 4) is 6.07 Å². The number of urea groups is 1. The van der Waals surface area contributed by atoms with Gasteiger partial charge < -0.3 is 16.4 Å². The zero-order valence-corrected chi connectivity index (χ0v) is 9.73. The summed E-state index contributed by atoms with van der Waals surface area (Å²) in [5, 5.41) is 14.1. The SMILES string of the molecule is CCC(CN)NC(=O)Nc1cccc(C#N)c1. The number of carbonyl (C=O) groups excluding carboxylic acids is 1. The van der Waals surface area contributed by atoms with Gasteiger partial charge in [-0.3, -0.25) is 0 Å². The second-order valence-electron chi connectivity index (χ2n) is 3.63. The van der Waals surface area contributed by atoms with Crippen LogP contribution in [0.3, 0.4) is 0 Å². The van der Waals surface area contributed by atoms with Crippen LogP contribution in [0.4, 0.5) is 10.5 Å². The van der Waals surface area contributed by atoms with E-state index in [-0.39, 0.29) is 12.1 Å². The topological polar surface area (TPSA) is 90.9 Å². The summed E-state index contributed by atoms with van der Waals surface area (Å²) in [6.45, 7) is 2.36. The van der Waals surface area contributed by atoms with E-state index in [0.29, 0.717) is 17.8 Å². The Hall–Kier alpha value is -2.06. The van der Waals surface area contributed by atoms with Crippen molar-refractivity contribution >= 4 is 11.7 Å². The molecule has 0 heterocycles. The number of nitrogens with one attached hydrogen (secondary N) is 2. The lowest BCUT2D eigenvalue weighted by molar-refractivity contribution is 0.248. The molecular formula is C12H16N4O. The molecule has 2 amide bonds. The Kier molecular flexibility index (Phi) is 4.98. The lowest BCUT2D eigenvalue weighted by atomic mass is 10.2. The summed E-state index contributed by atoms with van der Waals surface area (Å²) < 4.78 is 0. The van der Waals surface area contributed by atoms with Gasteiger partial charge in [-0.1, -0.05) is 13.0 Å². The van der Waals surface area contributed by atoms with Gasteiger partial charge in [-0.05, 0) is 24.6 Å². The van der Waals surface area contributed by atoms with E-state index in [2.05, 4.69) is 10.6 Å². The standard InChI is InChI=1S/C12H16N4O/c1-2-10(8-14)15-12(17)16-11-5-3-4-9(6-11)7-13/h3-6,10H,2,8,14H2,1H3,(H2,15,16,17). The van der Waals surface area contributed by atoms with Crippen LogP contribution in [0.15, 0.2) is 24.3 Å². The monoisotopic (exact) mass is 232 g/mol. The average Bonchev–Trinajstić information content (AvgIpc) is 2.36. The van der Waals surface area contributed by atoms with Crippen molar-refractivity contribution in [1.29, 1.82) is 5.26 Å². The van der Waals surface area contributed by atoms with Crippen LogP contribution in [0.1, 0.15) is 18.9 Å². The lowest BCUT2D eigenvalue weighted by Crippen LogP contribution is -2.41. The van der Waals surface area contributed by atoms with Gasteiger partial charge in [-0.2, -0.15) is 5.26 Å². The van der Waals surface area contributed by atoms with E-state index < -0.39 is 0 Å². The molecule has 17 heavy (non-hydrogen) atoms. The highest BCUT2D eigenvalue weighted by molar-refractivity contribution is 5.89. The van der Waals surface area contributed by atoms with Crippen molar-refractivity contribution in [1.82, 2.24) is 5.32 Å². The van der Waals surface area contributed by atoms with E-state index >= 15 is 0 Å². The summed E-state index contributed by atoms with van der Waals surface area (Å²) in [4.78, 5) is 11.6. The highest BCUT2D eigenvalue weighted by atomic mass is 16.2. The first-order valence-corrected chi connectivity index (χ1v) is 5.47. The molecule has 0 saturated carbocycles. The lowest BCUT2D eigenvalue weighted by Gasteiger charge is -2.15. The van der Waals surface area contributed by atoms with Gasteiger partial charge in [0.25, 0.3) is 0 Å². The number of nitrogens with two attached hydrogens (primary N) is 1. The van der Waals surface area contributed by atoms with Crippen LogP contribution in [-0.2, 0) is 0 Å². The van der Waals surface area contributed by atoms with Gasteiger partial charge in [-0.15, -0.1) is 0 Å². The van der Waals surface area contributed by atoms with Crippen molar-refractivity contribution in [2.24, 2.45) is 5.73 Å². The van der Waals surface area contributed by atoms with Crippen LogP contribution in [0.5, 0.6) is 0 Å². The number of amides is 2. The Labute approximate surface area is 101 Å². The van der Waals surface area contributed by atoms with Crippen molar-refractivity contribution in [2.45, 2.75) is 19.4 Å². The molecule has 0 saturated heterocycles. The predicted octanol–water partition coefficient (Wildman–Crippen LogP) is 1.42. The molecular weight excluding hydrogens is 216 g/mol. The molecule has 0 fully saturated rings. The summed E-state index contributed by atoms with van der Waals surface area (Å²) >= 11 is 0. The average molecular weight is 232 g/mol. The van der Waals surface area contributed by atoms with Gasteiger partial charge in [0.15, 0.2) is 0 Å². The highest BCUT2D eigenvalue weighted by Gasteiger charge is 2.08. The predicted molar refractivity (Wildman–Crippen MR) is 66.4 cm³/mol.